The fraction of sp³-hybridized carbons (Fsp3) is 0.526. The molecule has 0 bridgehead atoms. The SMILES string of the molecule is Cc1csc(C(=O)N2CCC(c3cc(C(=O)N4CCOCC4)on3)CC2)c1. The predicted octanol–water partition coefficient (Wildman–Crippen LogP) is 2.54. The maximum absolute atomic E-state index is 12.6. The number of aryl methyl sites for hydroxylation is 1. The molecule has 0 saturated carbocycles. The summed E-state index contributed by atoms with van der Waals surface area (Å²) in [6.45, 7) is 5.67. The molecule has 2 aromatic rings. The Balaban J connectivity index is 1.35. The van der Waals surface area contributed by atoms with E-state index in [1.807, 2.05) is 23.3 Å². The van der Waals surface area contributed by atoms with Gasteiger partial charge in [-0.2, -0.15) is 0 Å². The molecule has 2 saturated heterocycles. The smallest absolute Gasteiger partial charge is 0.292 e. The third-order valence-corrected chi connectivity index (χ3v) is 6.22. The molecule has 144 valence electrons. The second-order valence-electron chi connectivity index (χ2n) is 7.08. The molecule has 0 aliphatic carbocycles. The molecule has 27 heavy (non-hydrogen) atoms. The van der Waals surface area contributed by atoms with Crippen molar-refractivity contribution in [1.29, 1.82) is 0 Å². The summed E-state index contributed by atoms with van der Waals surface area (Å²) in [7, 11) is 0. The Morgan fingerprint density at radius 2 is 1.78 bits per heavy atom. The van der Waals surface area contributed by atoms with E-state index < -0.39 is 0 Å². The highest BCUT2D eigenvalue weighted by molar-refractivity contribution is 7.12. The number of carbonyl (C=O) groups excluding carboxylic acids is 2. The number of ether oxygens (including phenoxy) is 1. The first-order valence-electron chi connectivity index (χ1n) is 9.30. The molecule has 2 fully saturated rings. The average molecular weight is 389 g/mol. The van der Waals surface area contributed by atoms with E-state index in [4.69, 9.17) is 9.26 Å². The summed E-state index contributed by atoms with van der Waals surface area (Å²) >= 11 is 1.50. The molecule has 0 atom stereocenters. The van der Waals surface area contributed by atoms with Gasteiger partial charge >= 0.3 is 0 Å². The molecule has 4 heterocycles. The topological polar surface area (TPSA) is 75.9 Å². The Hall–Kier alpha value is -2.19. The lowest BCUT2D eigenvalue weighted by Crippen LogP contribution is -2.40. The van der Waals surface area contributed by atoms with Crippen LogP contribution in [0.3, 0.4) is 0 Å². The Kier molecular flexibility index (Phi) is 5.27. The first-order valence-corrected chi connectivity index (χ1v) is 10.2. The zero-order valence-corrected chi connectivity index (χ0v) is 16.2. The van der Waals surface area contributed by atoms with Crippen molar-refractivity contribution in [3.05, 3.63) is 39.4 Å². The van der Waals surface area contributed by atoms with Crippen molar-refractivity contribution < 1.29 is 18.8 Å². The van der Waals surface area contributed by atoms with Gasteiger partial charge < -0.3 is 19.1 Å². The van der Waals surface area contributed by atoms with E-state index in [-0.39, 0.29) is 17.7 Å². The lowest BCUT2D eigenvalue weighted by Gasteiger charge is -2.30. The fourth-order valence-corrected chi connectivity index (χ4v) is 4.45. The third-order valence-electron chi connectivity index (χ3n) is 5.18. The molecule has 4 rings (SSSR count). The van der Waals surface area contributed by atoms with Gasteiger partial charge in [0.15, 0.2) is 0 Å². The molecule has 0 unspecified atom stereocenters. The number of rotatable bonds is 3. The van der Waals surface area contributed by atoms with Crippen molar-refractivity contribution >= 4 is 23.2 Å². The van der Waals surface area contributed by atoms with Crippen molar-refractivity contribution in [2.45, 2.75) is 25.7 Å². The summed E-state index contributed by atoms with van der Waals surface area (Å²) in [6, 6.07) is 3.71. The lowest BCUT2D eigenvalue weighted by atomic mass is 9.93. The van der Waals surface area contributed by atoms with Crippen LogP contribution in [-0.4, -0.2) is 66.2 Å². The lowest BCUT2D eigenvalue weighted by molar-refractivity contribution is 0.0277. The highest BCUT2D eigenvalue weighted by atomic mass is 32.1. The summed E-state index contributed by atoms with van der Waals surface area (Å²) in [5.74, 6) is 0.487. The molecule has 0 aromatic carbocycles. The summed E-state index contributed by atoms with van der Waals surface area (Å²) in [6.07, 6.45) is 1.65. The molecule has 0 N–H and O–H groups in total. The van der Waals surface area contributed by atoms with Crippen molar-refractivity contribution in [1.82, 2.24) is 15.0 Å². The molecule has 2 aromatic heterocycles. The number of thiophene rings is 1. The highest BCUT2D eigenvalue weighted by Gasteiger charge is 2.29. The van der Waals surface area contributed by atoms with Crippen LogP contribution in [0.4, 0.5) is 0 Å². The van der Waals surface area contributed by atoms with Crippen molar-refractivity contribution in [3.8, 4) is 0 Å². The van der Waals surface area contributed by atoms with E-state index >= 15 is 0 Å². The van der Waals surface area contributed by atoms with Crippen LogP contribution in [0.15, 0.2) is 22.0 Å². The maximum atomic E-state index is 12.6. The largest absolute Gasteiger partial charge is 0.378 e. The number of morpholine rings is 1. The second-order valence-corrected chi connectivity index (χ2v) is 7.99. The van der Waals surface area contributed by atoms with Gasteiger partial charge in [-0.15, -0.1) is 11.3 Å². The third kappa shape index (κ3) is 3.91. The molecule has 0 radical (unpaired) electrons. The number of nitrogens with zero attached hydrogens (tertiary/aromatic N) is 3. The Labute approximate surface area is 161 Å². The summed E-state index contributed by atoms with van der Waals surface area (Å²) in [5.41, 5.74) is 1.93. The highest BCUT2D eigenvalue weighted by Crippen LogP contribution is 2.29. The van der Waals surface area contributed by atoms with Crippen LogP contribution < -0.4 is 0 Å². The van der Waals surface area contributed by atoms with Gasteiger partial charge in [0.25, 0.3) is 11.8 Å². The molecule has 0 spiro atoms. The number of carbonyl (C=O) groups is 2. The number of amides is 2. The van der Waals surface area contributed by atoms with E-state index in [0.717, 1.165) is 29.0 Å². The molecule has 2 aliphatic heterocycles. The first-order chi connectivity index (χ1) is 13.1. The van der Waals surface area contributed by atoms with Gasteiger partial charge in [0.1, 0.15) is 0 Å². The van der Waals surface area contributed by atoms with E-state index in [0.29, 0.717) is 45.2 Å². The second kappa shape index (κ2) is 7.82. The molecular weight excluding hydrogens is 366 g/mol. The minimum atomic E-state index is -0.127. The molecule has 7 nitrogen and oxygen atoms in total. The molecule has 2 amide bonds. The Morgan fingerprint density at radius 3 is 2.44 bits per heavy atom. The predicted molar refractivity (Wildman–Crippen MR) is 100 cm³/mol. The minimum Gasteiger partial charge on any atom is -0.378 e. The van der Waals surface area contributed by atoms with Gasteiger partial charge in [-0.3, -0.25) is 9.59 Å². The van der Waals surface area contributed by atoms with Crippen molar-refractivity contribution in [2.24, 2.45) is 0 Å². The Bertz CT molecular complexity index is 817. The summed E-state index contributed by atoms with van der Waals surface area (Å²) in [4.78, 5) is 29.5. The van der Waals surface area contributed by atoms with Crippen molar-refractivity contribution in [2.75, 3.05) is 39.4 Å². The summed E-state index contributed by atoms with van der Waals surface area (Å²) in [5, 5.41) is 6.13. The molecule has 8 heteroatoms. The molecule has 2 aliphatic rings. The fourth-order valence-electron chi connectivity index (χ4n) is 3.58. The number of hydrogen-bond donors (Lipinski definition) is 0. The van der Waals surface area contributed by atoms with Gasteiger partial charge in [0.2, 0.25) is 5.76 Å². The summed E-state index contributed by atoms with van der Waals surface area (Å²) < 4.78 is 10.6. The number of aromatic nitrogens is 1. The van der Waals surface area contributed by atoms with Gasteiger partial charge in [0, 0.05) is 38.2 Å². The standard InChI is InChI=1S/C19H23N3O4S/c1-13-10-17(27-12-13)19(24)21-4-2-14(3-5-21)15-11-16(26-20-15)18(23)22-6-8-25-9-7-22/h10-12,14H,2-9H2,1H3. The number of likely N-dealkylation sites (tertiary alicyclic amines) is 1. The van der Waals surface area contributed by atoms with Crippen LogP contribution in [0.25, 0.3) is 0 Å². The van der Waals surface area contributed by atoms with Crippen molar-refractivity contribution in [3.63, 3.8) is 0 Å². The number of piperidine rings is 1. The number of hydrogen-bond acceptors (Lipinski definition) is 6. The zero-order chi connectivity index (χ0) is 18.8. The van der Waals surface area contributed by atoms with Gasteiger partial charge in [-0.05, 0) is 36.8 Å². The van der Waals surface area contributed by atoms with Crippen LogP contribution in [-0.2, 0) is 4.74 Å². The quantitative estimate of drug-likeness (QED) is 0.806. The van der Waals surface area contributed by atoms with E-state index in [9.17, 15) is 9.59 Å². The minimum absolute atomic E-state index is 0.106. The van der Waals surface area contributed by atoms with Crippen LogP contribution >= 0.6 is 11.3 Å². The van der Waals surface area contributed by atoms with Gasteiger partial charge in [-0.25, -0.2) is 0 Å². The van der Waals surface area contributed by atoms with E-state index in [1.54, 1.807) is 11.0 Å². The zero-order valence-electron chi connectivity index (χ0n) is 15.3. The van der Waals surface area contributed by atoms with E-state index in [1.165, 1.54) is 11.3 Å². The molecular formula is C19H23N3O4S. The van der Waals surface area contributed by atoms with Crippen LogP contribution in [0.5, 0.6) is 0 Å². The van der Waals surface area contributed by atoms with Crippen LogP contribution in [0.2, 0.25) is 0 Å². The maximum Gasteiger partial charge on any atom is 0.292 e. The van der Waals surface area contributed by atoms with Gasteiger partial charge in [0.05, 0.1) is 23.8 Å². The Morgan fingerprint density at radius 1 is 1.07 bits per heavy atom. The van der Waals surface area contributed by atoms with Gasteiger partial charge in [-0.1, -0.05) is 5.16 Å². The average Bonchev–Trinajstić information content (AvgIpc) is 3.37. The monoisotopic (exact) mass is 389 g/mol. The van der Waals surface area contributed by atoms with Crippen LogP contribution in [0, 0.1) is 6.92 Å². The van der Waals surface area contributed by atoms with Crippen LogP contribution in [0.1, 0.15) is 50.2 Å². The van der Waals surface area contributed by atoms with E-state index in [2.05, 4.69) is 5.16 Å². The normalized spacial score (nSPS) is 18.7. The first kappa shape index (κ1) is 18.2.